The number of aliphatic hydroxyl groups excluding tert-OH is 1. The summed E-state index contributed by atoms with van der Waals surface area (Å²) in [6.07, 6.45) is -3.88. The van der Waals surface area contributed by atoms with Crippen molar-refractivity contribution >= 4 is 0 Å². The van der Waals surface area contributed by atoms with Gasteiger partial charge in [0, 0.05) is 5.56 Å². The molecule has 0 radical (unpaired) electrons. The van der Waals surface area contributed by atoms with Crippen molar-refractivity contribution in [2.45, 2.75) is 50.2 Å². The van der Waals surface area contributed by atoms with Crippen LogP contribution in [0.15, 0.2) is 91.0 Å². The lowest BCUT2D eigenvalue weighted by molar-refractivity contribution is -0.366. The summed E-state index contributed by atoms with van der Waals surface area (Å²) in [5.74, 6) is 0. The van der Waals surface area contributed by atoms with E-state index in [0.717, 1.165) is 16.7 Å². The second-order valence-corrected chi connectivity index (χ2v) is 8.26. The summed E-state index contributed by atoms with van der Waals surface area (Å²) in [4.78, 5) is 0. The van der Waals surface area contributed by atoms with Crippen molar-refractivity contribution in [1.29, 1.82) is 0 Å². The molecule has 172 valence electrons. The molecule has 0 saturated carbocycles. The Morgan fingerprint density at radius 2 is 1.24 bits per heavy atom. The van der Waals surface area contributed by atoms with Gasteiger partial charge in [-0.3, -0.25) is 0 Å². The number of aliphatic hydroxyl groups is 1. The Hall–Kier alpha value is -2.58. The molecule has 2 aliphatic rings. The van der Waals surface area contributed by atoms with Gasteiger partial charge in [0.2, 0.25) is 0 Å². The van der Waals surface area contributed by atoms with E-state index in [1.54, 1.807) is 0 Å². The third-order valence-electron chi connectivity index (χ3n) is 5.94. The van der Waals surface area contributed by atoms with Crippen LogP contribution >= 0.6 is 0 Å². The fourth-order valence-corrected chi connectivity index (χ4v) is 4.24. The van der Waals surface area contributed by atoms with E-state index in [1.807, 2.05) is 91.0 Å². The molecule has 1 N–H and O–H groups in total. The maximum absolute atomic E-state index is 10.8. The molecule has 3 aromatic rings. The van der Waals surface area contributed by atoms with Crippen molar-refractivity contribution < 1.29 is 28.8 Å². The first-order valence-electron chi connectivity index (χ1n) is 11.2. The van der Waals surface area contributed by atoms with Gasteiger partial charge in [-0.1, -0.05) is 91.0 Å². The van der Waals surface area contributed by atoms with Gasteiger partial charge in [-0.05, 0) is 11.1 Å². The number of fused-ring (bicyclic) bond motifs is 1. The van der Waals surface area contributed by atoms with Gasteiger partial charge in [0.25, 0.3) is 0 Å². The predicted octanol–water partition coefficient (Wildman–Crippen LogP) is 3.99. The number of benzene rings is 3. The molecule has 2 saturated heterocycles. The van der Waals surface area contributed by atoms with Crippen molar-refractivity contribution in [3.63, 3.8) is 0 Å². The van der Waals surface area contributed by atoms with Gasteiger partial charge in [-0.15, -0.1) is 0 Å². The molecule has 0 amide bonds. The van der Waals surface area contributed by atoms with E-state index in [-0.39, 0.29) is 6.61 Å². The zero-order chi connectivity index (χ0) is 22.5. The first-order valence-corrected chi connectivity index (χ1v) is 11.2. The van der Waals surface area contributed by atoms with E-state index >= 15 is 0 Å². The Bertz CT molecular complexity index is 983. The molecule has 33 heavy (non-hydrogen) atoms. The van der Waals surface area contributed by atoms with Gasteiger partial charge in [-0.25, -0.2) is 0 Å². The minimum Gasteiger partial charge on any atom is -0.368 e. The molecule has 0 aromatic heterocycles. The topological polar surface area (TPSA) is 66.4 Å². The first kappa shape index (κ1) is 22.2. The van der Waals surface area contributed by atoms with Gasteiger partial charge in [0.15, 0.2) is 12.6 Å². The van der Waals surface area contributed by atoms with Crippen molar-refractivity contribution in [2.24, 2.45) is 0 Å². The summed E-state index contributed by atoms with van der Waals surface area (Å²) < 4.78 is 30.6. The Morgan fingerprint density at radius 3 is 1.85 bits per heavy atom. The smallest absolute Gasteiger partial charge is 0.184 e. The average Bonchev–Trinajstić information content (AvgIpc) is 2.88. The van der Waals surface area contributed by atoms with Gasteiger partial charge >= 0.3 is 0 Å². The summed E-state index contributed by atoms with van der Waals surface area (Å²) in [7, 11) is 0. The van der Waals surface area contributed by atoms with Crippen molar-refractivity contribution in [2.75, 3.05) is 6.61 Å². The van der Waals surface area contributed by atoms with Gasteiger partial charge in [-0.2, -0.15) is 0 Å². The van der Waals surface area contributed by atoms with Crippen LogP contribution in [0.2, 0.25) is 0 Å². The SMILES string of the molecule is OC1O[C@@H]2CO[C@@H](c3ccccc3)O[C@H]2[C@H](OCc2ccccc2)[C@@H]1OCc1ccccc1. The zero-order valence-electron chi connectivity index (χ0n) is 18.2. The summed E-state index contributed by atoms with van der Waals surface area (Å²) in [5, 5.41) is 10.8. The normalized spacial score (nSPS) is 29.4. The molecule has 0 spiro atoms. The molecule has 2 fully saturated rings. The Morgan fingerprint density at radius 1 is 0.697 bits per heavy atom. The third-order valence-corrected chi connectivity index (χ3v) is 5.94. The van der Waals surface area contributed by atoms with Gasteiger partial charge in [0.05, 0.1) is 19.8 Å². The molecule has 1 unspecified atom stereocenters. The van der Waals surface area contributed by atoms with Crippen LogP contribution in [0.5, 0.6) is 0 Å². The highest BCUT2D eigenvalue weighted by molar-refractivity contribution is 5.17. The molecule has 5 rings (SSSR count). The van der Waals surface area contributed by atoms with E-state index < -0.39 is 37.0 Å². The van der Waals surface area contributed by atoms with Crippen LogP contribution in [0, 0.1) is 0 Å². The van der Waals surface area contributed by atoms with Crippen LogP contribution in [0.4, 0.5) is 0 Å². The molecule has 6 nitrogen and oxygen atoms in total. The Balaban J connectivity index is 1.36. The second-order valence-electron chi connectivity index (χ2n) is 8.26. The largest absolute Gasteiger partial charge is 0.368 e. The fourth-order valence-electron chi connectivity index (χ4n) is 4.24. The molecule has 3 aromatic carbocycles. The first-order chi connectivity index (χ1) is 16.3. The standard InChI is InChI=1S/C27H28O6/c28-26-25(30-17-20-12-6-2-7-13-20)24(29-16-19-10-4-1-5-11-19)23-22(32-26)18-31-27(33-23)21-14-8-3-9-15-21/h1-15,22-28H,16-18H2/t22-,23-,24+,25+,26?,27-/m1/s1. The van der Waals surface area contributed by atoms with E-state index in [4.69, 9.17) is 23.7 Å². The lowest BCUT2D eigenvalue weighted by atomic mass is 9.97. The van der Waals surface area contributed by atoms with Crippen LogP contribution in [-0.2, 0) is 36.9 Å². The van der Waals surface area contributed by atoms with Gasteiger partial charge < -0.3 is 28.8 Å². The lowest BCUT2D eigenvalue weighted by Gasteiger charge is -2.47. The van der Waals surface area contributed by atoms with E-state index in [0.29, 0.717) is 13.2 Å². The predicted molar refractivity (Wildman–Crippen MR) is 121 cm³/mol. The maximum atomic E-state index is 10.8. The highest BCUT2D eigenvalue weighted by Gasteiger charge is 2.51. The number of rotatable bonds is 7. The molecular formula is C27H28O6. The quantitative estimate of drug-likeness (QED) is 0.590. The van der Waals surface area contributed by atoms with E-state index in [1.165, 1.54) is 0 Å². The van der Waals surface area contributed by atoms with Crippen LogP contribution in [0.3, 0.4) is 0 Å². The summed E-state index contributed by atoms with van der Waals surface area (Å²) >= 11 is 0. The van der Waals surface area contributed by atoms with Crippen molar-refractivity contribution in [3.05, 3.63) is 108 Å². The molecule has 2 heterocycles. The minimum atomic E-state index is -1.16. The molecular weight excluding hydrogens is 420 g/mol. The number of hydrogen-bond donors (Lipinski definition) is 1. The second kappa shape index (κ2) is 10.6. The van der Waals surface area contributed by atoms with Crippen molar-refractivity contribution in [3.8, 4) is 0 Å². The molecule has 6 heteroatoms. The summed E-state index contributed by atoms with van der Waals surface area (Å²) in [6.45, 7) is 0.984. The summed E-state index contributed by atoms with van der Waals surface area (Å²) in [5.41, 5.74) is 2.96. The number of ether oxygens (including phenoxy) is 5. The zero-order valence-corrected chi connectivity index (χ0v) is 18.2. The molecule has 0 aliphatic carbocycles. The van der Waals surface area contributed by atoms with E-state index in [9.17, 15) is 5.11 Å². The van der Waals surface area contributed by atoms with Crippen LogP contribution in [0.25, 0.3) is 0 Å². The fraction of sp³-hybridized carbons (Fsp3) is 0.333. The van der Waals surface area contributed by atoms with Crippen LogP contribution in [-0.4, -0.2) is 42.4 Å². The maximum Gasteiger partial charge on any atom is 0.184 e. The summed E-state index contributed by atoms with van der Waals surface area (Å²) in [6, 6.07) is 29.5. The average molecular weight is 449 g/mol. The van der Waals surface area contributed by atoms with Crippen molar-refractivity contribution in [1.82, 2.24) is 0 Å². The number of hydrogen-bond acceptors (Lipinski definition) is 6. The monoisotopic (exact) mass is 448 g/mol. The minimum absolute atomic E-state index is 0.290. The van der Waals surface area contributed by atoms with E-state index in [2.05, 4.69) is 0 Å². The molecule has 6 atom stereocenters. The van der Waals surface area contributed by atoms with Crippen LogP contribution in [0.1, 0.15) is 23.0 Å². The highest BCUT2D eigenvalue weighted by atomic mass is 16.7. The highest BCUT2D eigenvalue weighted by Crippen LogP contribution is 2.36. The molecule has 2 aliphatic heterocycles. The van der Waals surface area contributed by atoms with Gasteiger partial charge in [0.1, 0.15) is 24.4 Å². The Labute approximate surface area is 193 Å². The lowest BCUT2D eigenvalue weighted by Crippen LogP contribution is -2.63. The molecule has 0 bridgehead atoms. The Kier molecular flexibility index (Phi) is 7.12. The van der Waals surface area contributed by atoms with Crippen LogP contribution < -0.4 is 0 Å². The third kappa shape index (κ3) is 5.33.